The lowest BCUT2D eigenvalue weighted by molar-refractivity contribution is 0.0902. The molecule has 1 aromatic heterocycles. The van der Waals surface area contributed by atoms with Gasteiger partial charge in [0.1, 0.15) is 0 Å². The van der Waals surface area contributed by atoms with Crippen LogP contribution in [0.15, 0.2) is 23.4 Å². The Bertz CT molecular complexity index is 556. The van der Waals surface area contributed by atoms with E-state index in [1.165, 1.54) is 6.20 Å². The lowest BCUT2D eigenvalue weighted by atomic mass is 10.1. The topological polar surface area (TPSA) is 80.3 Å². The van der Waals surface area contributed by atoms with Gasteiger partial charge in [0.15, 0.2) is 5.03 Å². The number of ether oxygens (including phenoxy) is 1. The monoisotopic (exact) mass is 313 g/mol. The zero-order valence-corrected chi connectivity index (χ0v) is 13.3. The minimum atomic E-state index is -3.66. The zero-order valence-electron chi connectivity index (χ0n) is 12.5. The second-order valence-corrected chi connectivity index (χ2v) is 6.87. The van der Waals surface area contributed by atoms with Gasteiger partial charge in [-0.1, -0.05) is 6.92 Å². The van der Waals surface area contributed by atoms with E-state index in [1.54, 1.807) is 12.1 Å². The van der Waals surface area contributed by atoms with Gasteiger partial charge in [0.2, 0.25) is 0 Å². The number of sulfonamides is 1. The highest BCUT2D eigenvalue weighted by Crippen LogP contribution is 2.21. The summed E-state index contributed by atoms with van der Waals surface area (Å²) in [6.45, 7) is 5.25. The van der Waals surface area contributed by atoms with Crippen molar-refractivity contribution in [2.24, 2.45) is 0 Å². The number of nitrogens with one attached hydrogen (secondary N) is 2. The van der Waals surface area contributed by atoms with Crippen molar-refractivity contribution in [3.63, 3.8) is 0 Å². The minimum Gasteiger partial charge on any atom is -0.383 e. The molecule has 1 saturated heterocycles. The molecule has 1 aromatic rings. The van der Waals surface area contributed by atoms with E-state index < -0.39 is 10.0 Å². The molecule has 0 radical (unpaired) electrons. The molecule has 2 unspecified atom stereocenters. The molecular weight excluding hydrogens is 290 g/mol. The molecule has 118 valence electrons. The fraction of sp³-hybridized carbons (Fsp3) is 0.643. The third-order valence-electron chi connectivity index (χ3n) is 3.45. The summed E-state index contributed by atoms with van der Waals surface area (Å²) in [5.74, 6) is 0. The molecule has 2 N–H and O–H groups in total. The average Bonchev–Trinajstić information content (AvgIpc) is 2.99. The van der Waals surface area contributed by atoms with Gasteiger partial charge in [-0.2, -0.15) is 0 Å². The lowest BCUT2D eigenvalue weighted by Crippen LogP contribution is -2.41. The second kappa shape index (κ2) is 7.20. The van der Waals surface area contributed by atoms with Crippen molar-refractivity contribution in [2.45, 2.75) is 50.3 Å². The van der Waals surface area contributed by atoms with Crippen molar-refractivity contribution in [2.75, 3.05) is 18.5 Å². The first-order chi connectivity index (χ1) is 10.0. The summed E-state index contributed by atoms with van der Waals surface area (Å²) in [5, 5.41) is 3.14. The van der Waals surface area contributed by atoms with Crippen molar-refractivity contribution in [3.8, 4) is 0 Å². The Morgan fingerprint density at radius 1 is 1.52 bits per heavy atom. The average molecular weight is 313 g/mol. The van der Waals surface area contributed by atoms with Crippen molar-refractivity contribution in [1.29, 1.82) is 0 Å². The Labute approximate surface area is 126 Å². The lowest BCUT2D eigenvalue weighted by Gasteiger charge is -2.20. The summed E-state index contributed by atoms with van der Waals surface area (Å²) in [7, 11) is -3.66. The van der Waals surface area contributed by atoms with Crippen LogP contribution in [0.3, 0.4) is 0 Å². The molecule has 0 saturated carbocycles. The summed E-state index contributed by atoms with van der Waals surface area (Å²) in [6, 6.07) is 3.19. The molecular formula is C14H23N3O3S. The number of nitrogens with zero attached hydrogens (tertiary/aromatic N) is 1. The van der Waals surface area contributed by atoms with Gasteiger partial charge < -0.3 is 10.1 Å². The molecule has 0 amide bonds. The Balaban J connectivity index is 2.14. The van der Waals surface area contributed by atoms with E-state index in [2.05, 4.69) is 15.0 Å². The van der Waals surface area contributed by atoms with Crippen LogP contribution in [0, 0.1) is 0 Å². The zero-order chi connectivity index (χ0) is 15.3. The predicted octanol–water partition coefficient (Wildman–Crippen LogP) is 1.75. The van der Waals surface area contributed by atoms with Crippen LogP contribution in [-0.2, 0) is 14.8 Å². The molecule has 1 aliphatic rings. The van der Waals surface area contributed by atoms with Gasteiger partial charge in [0.25, 0.3) is 10.0 Å². The van der Waals surface area contributed by atoms with Gasteiger partial charge in [0, 0.05) is 25.4 Å². The summed E-state index contributed by atoms with van der Waals surface area (Å²) in [6.07, 6.45) is 4.20. The van der Waals surface area contributed by atoms with Crippen molar-refractivity contribution in [1.82, 2.24) is 9.71 Å². The van der Waals surface area contributed by atoms with Crippen LogP contribution in [0.4, 0.5) is 5.69 Å². The molecule has 1 aliphatic heterocycles. The normalized spacial score (nSPS) is 20.4. The number of aromatic nitrogens is 1. The quantitative estimate of drug-likeness (QED) is 0.801. The van der Waals surface area contributed by atoms with Crippen molar-refractivity contribution in [3.05, 3.63) is 18.3 Å². The Morgan fingerprint density at radius 2 is 2.33 bits per heavy atom. The van der Waals surface area contributed by atoms with E-state index in [0.29, 0.717) is 18.8 Å². The molecule has 2 rings (SSSR count). The van der Waals surface area contributed by atoms with Gasteiger partial charge in [-0.25, -0.2) is 18.1 Å². The summed E-state index contributed by atoms with van der Waals surface area (Å²) in [5.41, 5.74) is 0.534. The Hall–Kier alpha value is -1.18. The molecule has 21 heavy (non-hydrogen) atoms. The van der Waals surface area contributed by atoms with Gasteiger partial charge >= 0.3 is 0 Å². The van der Waals surface area contributed by atoms with E-state index >= 15 is 0 Å². The fourth-order valence-electron chi connectivity index (χ4n) is 2.37. The van der Waals surface area contributed by atoms with E-state index in [4.69, 9.17) is 4.74 Å². The van der Waals surface area contributed by atoms with E-state index in [9.17, 15) is 8.42 Å². The first kappa shape index (κ1) is 16.2. The molecule has 7 heteroatoms. The van der Waals surface area contributed by atoms with Crippen molar-refractivity contribution >= 4 is 15.7 Å². The van der Waals surface area contributed by atoms with Crippen LogP contribution in [0.2, 0.25) is 0 Å². The van der Waals surface area contributed by atoms with Crippen molar-refractivity contribution < 1.29 is 13.2 Å². The first-order valence-corrected chi connectivity index (χ1v) is 8.85. The second-order valence-electron chi connectivity index (χ2n) is 5.24. The largest absolute Gasteiger partial charge is 0.383 e. The molecule has 6 nitrogen and oxygen atoms in total. The Morgan fingerprint density at radius 3 is 3.00 bits per heavy atom. The SMILES string of the molecule is CCCNc1cccnc1S(=O)(=O)NC(C)C1CCCO1. The first-order valence-electron chi connectivity index (χ1n) is 7.37. The van der Waals surface area contributed by atoms with Crippen LogP contribution in [-0.4, -0.2) is 38.7 Å². The number of hydrogen-bond donors (Lipinski definition) is 2. The fourth-order valence-corrected chi connectivity index (χ4v) is 3.75. The number of hydrogen-bond acceptors (Lipinski definition) is 5. The van der Waals surface area contributed by atoms with Crippen LogP contribution in [0.5, 0.6) is 0 Å². The Kier molecular flexibility index (Phi) is 5.55. The minimum absolute atomic E-state index is 0.0447. The van der Waals surface area contributed by atoms with E-state index in [-0.39, 0.29) is 17.2 Å². The smallest absolute Gasteiger partial charge is 0.260 e. The predicted molar refractivity (Wildman–Crippen MR) is 81.8 cm³/mol. The standard InChI is InChI=1S/C14H23N3O3S/c1-3-8-15-12-6-4-9-16-14(12)21(18,19)17-11(2)13-7-5-10-20-13/h4,6,9,11,13,15,17H,3,5,7-8,10H2,1-2H3. The van der Waals surface area contributed by atoms with Gasteiger partial charge in [-0.15, -0.1) is 0 Å². The van der Waals surface area contributed by atoms with Crippen LogP contribution in [0.25, 0.3) is 0 Å². The van der Waals surface area contributed by atoms with Crippen LogP contribution < -0.4 is 10.0 Å². The summed E-state index contributed by atoms with van der Waals surface area (Å²) < 4.78 is 33.2. The van der Waals surface area contributed by atoms with E-state index in [0.717, 1.165) is 19.3 Å². The van der Waals surface area contributed by atoms with Gasteiger partial charge in [-0.3, -0.25) is 0 Å². The highest BCUT2D eigenvalue weighted by molar-refractivity contribution is 7.89. The van der Waals surface area contributed by atoms with Gasteiger partial charge in [-0.05, 0) is 38.3 Å². The highest BCUT2D eigenvalue weighted by atomic mass is 32.2. The maximum atomic E-state index is 12.5. The number of pyridine rings is 1. The van der Waals surface area contributed by atoms with Crippen LogP contribution >= 0.6 is 0 Å². The maximum Gasteiger partial charge on any atom is 0.260 e. The number of anilines is 1. The third kappa shape index (κ3) is 4.15. The van der Waals surface area contributed by atoms with Crippen LogP contribution in [0.1, 0.15) is 33.1 Å². The summed E-state index contributed by atoms with van der Waals surface area (Å²) in [4.78, 5) is 4.03. The molecule has 2 heterocycles. The van der Waals surface area contributed by atoms with Gasteiger partial charge in [0.05, 0.1) is 11.8 Å². The molecule has 0 aliphatic carbocycles. The highest BCUT2D eigenvalue weighted by Gasteiger charge is 2.28. The molecule has 0 spiro atoms. The maximum absolute atomic E-state index is 12.5. The molecule has 1 fully saturated rings. The number of rotatable bonds is 7. The van der Waals surface area contributed by atoms with E-state index in [1.807, 2.05) is 13.8 Å². The summed E-state index contributed by atoms with van der Waals surface area (Å²) >= 11 is 0. The molecule has 0 aromatic carbocycles. The third-order valence-corrected chi connectivity index (χ3v) is 4.97. The molecule has 0 bridgehead atoms. The molecule has 2 atom stereocenters.